The van der Waals surface area contributed by atoms with Gasteiger partial charge in [0.15, 0.2) is 0 Å². The Balaban J connectivity index is 2.15. The number of nitrogens with two attached hydrogens (primary N) is 1. The van der Waals surface area contributed by atoms with Gasteiger partial charge in [0.25, 0.3) is 0 Å². The fraction of sp³-hybridized carbons (Fsp3) is 0.0714. The molecule has 7 heteroatoms. The van der Waals surface area contributed by atoms with Crippen LogP contribution < -0.4 is 5.73 Å². The fourth-order valence-corrected chi connectivity index (χ4v) is 2.78. The molecule has 0 saturated carbocycles. The molecule has 0 fully saturated rings. The second-order valence-electron chi connectivity index (χ2n) is 4.33. The molecule has 0 atom stereocenters. The molecule has 108 valence electrons. The van der Waals surface area contributed by atoms with Crippen molar-refractivity contribution in [2.24, 2.45) is 0 Å². The van der Waals surface area contributed by atoms with Crippen LogP contribution in [0.1, 0.15) is 5.56 Å². The van der Waals surface area contributed by atoms with Crippen LogP contribution in [0.15, 0.2) is 46.3 Å². The second kappa shape index (κ2) is 4.92. The number of nitrogen functional groups attached to an aromatic ring is 1. The first-order valence-corrected chi connectivity index (χ1v) is 6.81. The molecule has 0 radical (unpaired) electrons. The second-order valence-corrected chi connectivity index (χ2v) is 5.27. The number of rotatable bonds is 2. The molecule has 0 aliphatic heterocycles. The molecular weight excluding hydrogens is 301 g/mol. The summed E-state index contributed by atoms with van der Waals surface area (Å²) < 4.78 is 43.3. The van der Waals surface area contributed by atoms with Crippen molar-refractivity contribution in [2.45, 2.75) is 6.18 Å². The van der Waals surface area contributed by atoms with Crippen LogP contribution in [0.4, 0.5) is 19.1 Å². The summed E-state index contributed by atoms with van der Waals surface area (Å²) in [5.41, 5.74) is 6.15. The van der Waals surface area contributed by atoms with Crippen LogP contribution in [0.3, 0.4) is 0 Å². The minimum Gasteiger partial charge on any atom is -0.367 e. The third-order valence-corrected chi connectivity index (χ3v) is 3.84. The molecule has 0 aliphatic rings. The number of hydrogen-bond acceptors (Lipinski definition) is 4. The van der Waals surface area contributed by atoms with Crippen molar-refractivity contribution in [2.75, 3.05) is 5.73 Å². The Morgan fingerprint density at radius 1 is 1.14 bits per heavy atom. The van der Waals surface area contributed by atoms with Gasteiger partial charge in [0.2, 0.25) is 5.88 Å². The first kappa shape index (κ1) is 13.7. The molecule has 3 nitrogen and oxygen atoms in total. The van der Waals surface area contributed by atoms with Gasteiger partial charge in [-0.05, 0) is 23.6 Å². The van der Waals surface area contributed by atoms with E-state index in [1.165, 1.54) is 17.4 Å². The molecule has 0 spiro atoms. The number of aromatic nitrogens is 1. The average Bonchev–Trinajstić information content (AvgIpc) is 3.06. The number of halogens is 3. The van der Waals surface area contributed by atoms with Crippen LogP contribution in [0.5, 0.6) is 0 Å². The van der Waals surface area contributed by atoms with Gasteiger partial charge < -0.3 is 10.3 Å². The maximum atomic E-state index is 12.8. The van der Waals surface area contributed by atoms with Crippen LogP contribution in [-0.4, -0.2) is 5.16 Å². The summed E-state index contributed by atoms with van der Waals surface area (Å²) in [5, 5.41) is 5.65. The van der Waals surface area contributed by atoms with E-state index in [-0.39, 0.29) is 5.88 Å². The van der Waals surface area contributed by atoms with Crippen molar-refractivity contribution in [1.29, 1.82) is 0 Å². The maximum absolute atomic E-state index is 12.8. The number of thiophene rings is 1. The lowest BCUT2D eigenvalue weighted by atomic mass is 10.0. The zero-order chi connectivity index (χ0) is 15.0. The Kier molecular flexibility index (Phi) is 3.21. The number of hydrogen-bond donors (Lipinski definition) is 1. The molecule has 2 heterocycles. The van der Waals surface area contributed by atoms with Gasteiger partial charge in [0.05, 0.1) is 11.1 Å². The molecule has 0 bridgehead atoms. The van der Waals surface area contributed by atoms with Gasteiger partial charge in [-0.15, -0.1) is 11.3 Å². The molecule has 0 saturated heterocycles. The zero-order valence-corrected chi connectivity index (χ0v) is 11.3. The SMILES string of the molecule is Nc1onc(-c2cccc(C(F)(F)F)c2)c1-c1cccs1. The third-order valence-electron chi connectivity index (χ3n) is 2.95. The highest BCUT2D eigenvalue weighted by atomic mass is 32.1. The van der Waals surface area contributed by atoms with Crippen LogP contribution in [0, 0.1) is 0 Å². The number of alkyl halides is 3. The van der Waals surface area contributed by atoms with Crippen LogP contribution in [0.25, 0.3) is 21.7 Å². The van der Waals surface area contributed by atoms with Gasteiger partial charge in [0, 0.05) is 10.4 Å². The van der Waals surface area contributed by atoms with Crippen molar-refractivity contribution >= 4 is 17.2 Å². The zero-order valence-electron chi connectivity index (χ0n) is 10.5. The number of nitrogens with zero attached hydrogens (tertiary/aromatic N) is 1. The average molecular weight is 310 g/mol. The molecule has 0 unspecified atom stereocenters. The molecule has 0 amide bonds. The van der Waals surface area contributed by atoms with Gasteiger partial charge >= 0.3 is 6.18 Å². The summed E-state index contributed by atoms with van der Waals surface area (Å²) in [6.45, 7) is 0. The third kappa shape index (κ3) is 2.52. The highest BCUT2D eigenvalue weighted by molar-refractivity contribution is 7.13. The van der Waals surface area contributed by atoms with Gasteiger partial charge in [-0.25, -0.2) is 0 Å². The van der Waals surface area contributed by atoms with Crippen molar-refractivity contribution < 1.29 is 17.7 Å². The van der Waals surface area contributed by atoms with Crippen LogP contribution in [-0.2, 0) is 6.18 Å². The number of anilines is 1. The Morgan fingerprint density at radius 3 is 2.62 bits per heavy atom. The van der Waals surface area contributed by atoms with E-state index in [0.717, 1.165) is 17.0 Å². The monoisotopic (exact) mass is 310 g/mol. The molecule has 2 aromatic heterocycles. The first-order chi connectivity index (χ1) is 9.97. The fourth-order valence-electron chi connectivity index (χ4n) is 2.00. The molecule has 3 rings (SSSR count). The predicted molar refractivity (Wildman–Crippen MR) is 74.7 cm³/mol. The van der Waals surface area contributed by atoms with Crippen LogP contribution in [0.2, 0.25) is 0 Å². The van der Waals surface area contributed by atoms with Crippen LogP contribution >= 0.6 is 11.3 Å². The summed E-state index contributed by atoms with van der Waals surface area (Å²) in [4.78, 5) is 0.793. The largest absolute Gasteiger partial charge is 0.416 e. The maximum Gasteiger partial charge on any atom is 0.416 e. The van der Waals surface area contributed by atoms with Gasteiger partial charge in [0.1, 0.15) is 5.69 Å². The van der Waals surface area contributed by atoms with Crippen molar-refractivity contribution in [3.63, 3.8) is 0 Å². The van der Waals surface area contributed by atoms with E-state index in [1.54, 1.807) is 6.07 Å². The Labute approximate surface area is 121 Å². The van der Waals surface area contributed by atoms with E-state index in [2.05, 4.69) is 5.16 Å². The predicted octanol–water partition coefficient (Wildman–Crippen LogP) is 4.67. The lowest BCUT2D eigenvalue weighted by Crippen LogP contribution is -2.04. The molecule has 21 heavy (non-hydrogen) atoms. The summed E-state index contributed by atoms with van der Waals surface area (Å²) in [6.07, 6.45) is -4.41. The molecule has 2 N–H and O–H groups in total. The van der Waals surface area contributed by atoms with E-state index in [4.69, 9.17) is 10.3 Å². The Hall–Kier alpha value is -2.28. The lowest BCUT2D eigenvalue weighted by Gasteiger charge is -2.08. The van der Waals surface area contributed by atoms with Gasteiger partial charge in [-0.2, -0.15) is 13.2 Å². The van der Waals surface area contributed by atoms with Gasteiger partial charge in [-0.3, -0.25) is 0 Å². The summed E-state index contributed by atoms with van der Waals surface area (Å²) in [7, 11) is 0. The van der Waals surface area contributed by atoms with Gasteiger partial charge in [-0.1, -0.05) is 23.4 Å². The van der Waals surface area contributed by atoms with E-state index in [0.29, 0.717) is 16.8 Å². The summed E-state index contributed by atoms with van der Waals surface area (Å²) in [6, 6.07) is 8.56. The quantitative estimate of drug-likeness (QED) is 0.748. The Bertz CT molecular complexity index is 763. The highest BCUT2D eigenvalue weighted by Gasteiger charge is 2.31. The Morgan fingerprint density at radius 2 is 1.95 bits per heavy atom. The topological polar surface area (TPSA) is 52.0 Å². The first-order valence-electron chi connectivity index (χ1n) is 5.93. The molecule has 3 aromatic rings. The summed E-state index contributed by atoms with van der Waals surface area (Å²) >= 11 is 1.41. The highest BCUT2D eigenvalue weighted by Crippen LogP contribution is 2.40. The lowest BCUT2D eigenvalue weighted by molar-refractivity contribution is -0.137. The smallest absolute Gasteiger partial charge is 0.367 e. The van der Waals surface area contributed by atoms with E-state index in [9.17, 15) is 13.2 Å². The minimum absolute atomic E-state index is 0.0878. The van der Waals surface area contributed by atoms with Crippen molar-refractivity contribution in [3.05, 3.63) is 47.3 Å². The van der Waals surface area contributed by atoms with E-state index in [1.807, 2.05) is 17.5 Å². The van der Waals surface area contributed by atoms with E-state index < -0.39 is 11.7 Å². The normalized spacial score (nSPS) is 11.8. The minimum atomic E-state index is -4.41. The van der Waals surface area contributed by atoms with Crippen molar-refractivity contribution in [3.8, 4) is 21.7 Å². The molecular formula is C14H9F3N2OS. The van der Waals surface area contributed by atoms with Crippen molar-refractivity contribution in [1.82, 2.24) is 5.16 Å². The molecule has 0 aliphatic carbocycles. The molecule has 1 aromatic carbocycles. The van der Waals surface area contributed by atoms with E-state index >= 15 is 0 Å². The standard InChI is InChI=1S/C14H9F3N2OS/c15-14(16,17)9-4-1-3-8(7-9)12-11(13(18)20-19-12)10-5-2-6-21-10/h1-7H,18H2. The summed E-state index contributed by atoms with van der Waals surface area (Å²) in [5.74, 6) is 0.0878. The number of benzene rings is 1.